The van der Waals surface area contributed by atoms with Crippen LogP contribution in [-0.4, -0.2) is 42.3 Å². The van der Waals surface area contributed by atoms with E-state index in [-0.39, 0.29) is 23.4 Å². The largest absolute Gasteiger partial charge is 0.352 e. The minimum absolute atomic E-state index is 0.0221. The highest BCUT2D eigenvalue weighted by Crippen LogP contribution is 2.32. The number of nitrogens with zero attached hydrogens (tertiary/aromatic N) is 2. The molecule has 1 atom stereocenters. The molecule has 0 aromatic carbocycles. The van der Waals surface area contributed by atoms with Crippen molar-refractivity contribution in [2.75, 3.05) is 13.1 Å². The number of hydrogen-bond acceptors (Lipinski definition) is 4. The lowest BCUT2D eigenvalue weighted by atomic mass is 10.2. The Balaban J connectivity index is 2.19. The van der Waals surface area contributed by atoms with Gasteiger partial charge in [-0.3, -0.25) is 9.59 Å². The highest BCUT2D eigenvalue weighted by atomic mass is 32.2. The quantitative estimate of drug-likeness (QED) is 0.747. The van der Waals surface area contributed by atoms with E-state index >= 15 is 0 Å². The van der Waals surface area contributed by atoms with Gasteiger partial charge in [0.1, 0.15) is 6.54 Å². The molecular weight excluding hydrogens is 330 g/mol. The van der Waals surface area contributed by atoms with Gasteiger partial charge in [0.15, 0.2) is 0 Å². The van der Waals surface area contributed by atoms with Crippen LogP contribution in [0.25, 0.3) is 0 Å². The summed E-state index contributed by atoms with van der Waals surface area (Å²) in [6.45, 7) is 5.96. The van der Waals surface area contributed by atoms with Gasteiger partial charge in [-0.1, -0.05) is 13.8 Å². The summed E-state index contributed by atoms with van der Waals surface area (Å²) in [5.74, 6) is 0.230. The number of amides is 1. The van der Waals surface area contributed by atoms with E-state index in [9.17, 15) is 18.0 Å². The van der Waals surface area contributed by atoms with Crippen LogP contribution in [0.3, 0.4) is 0 Å². The number of nitrogens with one attached hydrogen (secondary N) is 1. The Morgan fingerprint density at radius 3 is 2.50 bits per heavy atom. The van der Waals surface area contributed by atoms with E-state index in [0.717, 1.165) is 17.4 Å². The maximum Gasteiger partial charge on any atom is 0.251 e. The lowest BCUT2D eigenvalue weighted by Gasteiger charge is -2.19. The fraction of sp³-hybridized carbons (Fsp3) is 0.625. The molecule has 0 radical (unpaired) electrons. The van der Waals surface area contributed by atoms with Crippen LogP contribution in [-0.2, 0) is 21.4 Å². The van der Waals surface area contributed by atoms with Gasteiger partial charge >= 0.3 is 0 Å². The number of carbonyl (C=O) groups is 1. The fourth-order valence-corrected chi connectivity index (χ4v) is 4.14. The van der Waals surface area contributed by atoms with Crippen molar-refractivity contribution in [3.63, 3.8) is 0 Å². The Morgan fingerprint density at radius 2 is 1.96 bits per heavy atom. The second-order valence-electron chi connectivity index (χ2n) is 6.11. The summed E-state index contributed by atoms with van der Waals surface area (Å²) in [6, 6.07) is 2.56. The van der Waals surface area contributed by atoms with Gasteiger partial charge in [0.2, 0.25) is 15.9 Å². The molecule has 7 nitrogen and oxygen atoms in total. The average Bonchev–Trinajstić information content (AvgIpc) is 3.35. The van der Waals surface area contributed by atoms with Crippen molar-refractivity contribution in [3.8, 4) is 0 Å². The van der Waals surface area contributed by atoms with E-state index in [1.807, 2.05) is 6.92 Å². The molecule has 0 unspecified atom stereocenters. The van der Waals surface area contributed by atoms with Crippen LogP contribution < -0.4 is 10.9 Å². The average molecular weight is 355 g/mol. The van der Waals surface area contributed by atoms with Gasteiger partial charge in [0.05, 0.1) is 4.90 Å². The monoisotopic (exact) mass is 355 g/mol. The smallest absolute Gasteiger partial charge is 0.251 e. The van der Waals surface area contributed by atoms with Crippen molar-refractivity contribution in [3.05, 3.63) is 28.7 Å². The molecule has 8 heteroatoms. The number of hydrogen-bond donors (Lipinski definition) is 1. The molecule has 1 aromatic heterocycles. The Hall–Kier alpha value is -1.67. The summed E-state index contributed by atoms with van der Waals surface area (Å²) < 4.78 is 27.5. The maximum absolute atomic E-state index is 12.5. The lowest BCUT2D eigenvalue weighted by molar-refractivity contribution is -0.122. The Bertz CT molecular complexity index is 749. The SMILES string of the molecule is CCN(CC)S(=O)(=O)c1ccc(=O)n(CC(=O)N[C@@H](C)C2CC2)c1. The van der Waals surface area contributed by atoms with E-state index in [2.05, 4.69) is 5.32 Å². The van der Waals surface area contributed by atoms with Gasteiger partial charge in [0, 0.05) is 31.4 Å². The van der Waals surface area contributed by atoms with Crippen LogP contribution in [0.5, 0.6) is 0 Å². The summed E-state index contributed by atoms with van der Waals surface area (Å²) in [5.41, 5.74) is -0.400. The topological polar surface area (TPSA) is 88.5 Å². The standard InChI is InChI=1S/C16H25N3O4S/c1-4-19(5-2)24(22,23)14-8-9-16(21)18(10-14)11-15(20)17-12(3)13-6-7-13/h8-10,12-13H,4-7,11H2,1-3H3,(H,17,20)/t12-/m0/s1. The van der Waals surface area contributed by atoms with Gasteiger partial charge in [-0.25, -0.2) is 8.42 Å². The molecule has 1 aromatic rings. The molecular formula is C16H25N3O4S. The normalized spacial score (nSPS) is 16.2. The lowest BCUT2D eigenvalue weighted by Crippen LogP contribution is -2.38. The van der Waals surface area contributed by atoms with Gasteiger partial charge < -0.3 is 9.88 Å². The second kappa shape index (κ2) is 7.48. The fourth-order valence-electron chi connectivity index (χ4n) is 2.67. The molecule has 0 aliphatic heterocycles. The molecule has 1 heterocycles. The first-order valence-corrected chi connectivity index (χ1v) is 9.73. The van der Waals surface area contributed by atoms with Gasteiger partial charge in [0.25, 0.3) is 5.56 Å². The number of carbonyl (C=O) groups excluding carboxylic acids is 1. The molecule has 1 aliphatic carbocycles. The molecule has 2 rings (SSSR count). The molecule has 1 saturated carbocycles. The Morgan fingerprint density at radius 1 is 1.33 bits per heavy atom. The van der Waals surface area contributed by atoms with Crippen molar-refractivity contribution in [2.24, 2.45) is 5.92 Å². The Kier molecular flexibility index (Phi) is 5.82. The van der Waals surface area contributed by atoms with Crippen LogP contribution >= 0.6 is 0 Å². The molecule has 24 heavy (non-hydrogen) atoms. The first-order valence-electron chi connectivity index (χ1n) is 8.29. The summed E-state index contributed by atoms with van der Waals surface area (Å²) in [7, 11) is -3.66. The molecule has 0 spiro atoms. The molecule has 0 saturated heterocycles. The predicted molar refractivity (Wildman–Crippen MR) is 91.1 cm³/mol. The highest BCUT2D eigenvalue weighted by Gasteiger charge is 2.29. The van der Waals surface area contributed by atoms with Crippen LogP contribution in [0.15, 0.2) is 28.0 Å². The molecule has 0 bridgehead atoms. The minimum atomic E-state index is -3.66. The summed E-state index contributed by atoms with van der Waals surface area (Å²) in [6.07, 6.45) is 3.47. The third-order valence-corrected chi connectivity index (χ3v) is 6.36. The van der Waals surface area contributed by atoms with Crippen molar-refractivity contribution in [1.82, 2.24) is 14.2 Å². The minimum Gasteiger partial charge on any atom is -0.352 e. The predicted octanol–water partition coefficient (Wildman–Crippen LogP) is 0.794. The molecule has 134 valence electrons. The van der Waals surface area contributed by atoms with Crippen molar-refractivity contribution >= 4 is 15.9 Å². The van der Waals surface area contributed by atoms with Crippen LogP contribution in [0.2, 0.25) is 0 Å². The third-order valence-electron chi connectivity index (χ3n) is 4.33. The van der Waals surface area contributed by atoms with E-state index < -0.39 is 15.6 Å². The zero-order valence-corrected chi connectivity index (χ0v) is 15.2. The number of sulfonamides is 1. The van der Waals surface area contributed by atoms with Crippen molar-refractivity contribution in [1.29, 1.82) is 0 Å². The number of aromatic nitrogens is 1. The number of rotatable bonds is 8. The summed E-state index contributed by atoms with van der Waals surface area (Å²) in [5, 5.41) is 2.86. The van der Waals surface area contributed by atoms with E-state index in [4.69, 9.17) is 0 Å². The van der Waals surface area contributed by atoms with Crippen LogP contribution in [0, 0.1) is 5.92 Å². The zero-order valence-electron chi connectivity index (χ0n) is 14.4. The van der Waals surface area contributed by atoms with Gasteiger partial charge in [-0.15, -0.1) is 0 Å². The first-order chi connectivity index (χ1) is 11.3. The summed E-state index contributed by atoms with van der Waals surface area (Å²) in [4.78, 5) is 24.1. The second-order valence-corrected chi connectivity index (χ2v) is 8.05. The van der Waals surface area contributed by atoms with E-state index in [1.165, 1.54) is 22.6 Å². The molecule has 1 aliphatic rings. The van der Waals surface area contributed by atoms with Gasteiger partial charge in [-0.05, 0) is 31.7 Å². The van der Waals surface area contributed by atoms with Gasteiger partial charge in [-0.2, -0.15) is 4.31 Å². The molecule has 1 N–H and O–H groups in total. The van der Waals surface area contributed by atoms with Crippen molar-refractivity contribution < 1.29 is 13.2 Å². The zero-order chi connectivity index (χ0) is 17.9. The van der Waals surface area contributed by atoms with Crippen molar-refractivity contribution in [2.45, 2.75) is 51.1 Å². The van der Waals surface area contributed by atoms with E-state index in [0.29, 0.717) is 19.0 Å². The van der Waals surface area contributed by atoms with E-state index in [1.54, 1.807) is 13.8 Å². The first kappa shape index (κ1) is 18.7. The molecule has 1 fully saturated rings. The van der Waals surface area contributed by atoms with Crippen LogP contribution in [0.4, 0.5) is 0 Å². The Labute approximate surface area is 142 Å². The van der Waals surface area contributed by atoms with Crippen LogP contribution in [0.1, 0.15) is 33.6 Å². The summed E-state index contributed by atoms with van der Waals surface area (Å²) >= 11 is 0. The molecule has 1 amide bonds. The maximum atomic E-state index is 12.5. The number of pyridine rings is 1. The third kappa shape index (κ3) is 4.24. The highest BCUT2D eigenvalue weighted by molar-refractivity contribution is 7.89.